The first-order chi connectivity index (χ1) is 17.5. The molecule has 2 unspecified atom stereocenters. The summed E-state index contributed by atoms with van der Waals surface area (Å²) in [6.45, 7) is 5.05. The normalized spacial score (nSPS) is 23.3. The molecule has 7 nitrogen and oxygen atoms in total. The van der Waals surface area contributed by atoms with Gasteiger partial charge >= 0.3 is 6.03 Å². The number of nitrogens with one attached hydrogen (secondary N) is 1. The smallest absolute Gasteiger partial charge is 0.317 e. The minimum atomic E-state index is 0.00788. The van der Waals surface area contributed by atoms with Crippen LogP contribution in [0, 0.1) is 0 Å². The lowest BCUT2D eigenvalue weighted by molar-refractivity contribution is -0.135. The van der Waals surface area contributed by atoms with E-state index in [9.17, 15) is 9.59 Å². The molecule has 1 saturated heterocycles. The highest BCUT2D eigenvalue weighted by atomic mass is 32.1. The monoisotopic (exact) mass is 510 g/mol. The molecule has 1 N–H and O–H groups in total. The van der Waals surface area contributed by atoms with E-state index in [0.29, 0.717) is 32.2 Å². The number of thiophene rings is 1. The van der Waals surface area contributed by atoms with E-state index in [1.165, 1.54) is 35.3 Å². The molecule has 2 aromatic rings. The molecule has 0 spiro atoms. The molecule has 2 fully saturated rings. The molecule has 0 bridgehead atoms. The number of carbonyl (C=O) groups is 2. The Hall–Kier alpha value is -2.58. The van der Waals surface area contributed by atoms with Crippen molar-refractivity contribution in [1.82, 2.24) is 20.0 Å². The van der Waals surface area contributed by atoms with Crippen LogP contribution in [0.25, 0.3) is 0 Å². The maximum atomic E-state index is 13.5. The third kappa shape index (κ3) is 5.39. The summed E-state index contributed by atoms with van der Waals surface area (Å²) in [4.78, 5) is 34.0. The summed E-state index contributed by atoms with van der Waals surface area (Å²) in [5.74, 6) is 0.980. The van der Waals surface area contributed by atoms with Crippen molar-refractivity contribution in [3.8, 4) is 5.75 Å². The first-order valence-electron chi connectivity index (χ1n) is 13.3. The van der Waals surface area contributed by atoms with E-state index in [-0.39, 0.29) is 24.0 Å². The molecule has 36 heavy (non-hydrogen) atoms. The Labute approximate surface area is 218 Å². The third-order valence-corrected chi connectivity index (χ3v) is 9.01. The van der Waals surface area contributed by atoms with Crippen molar-refractivity contribution in [2.45, 2.75) is 63.6 Å². The van der Waals surface area contributed by atoms with Crippen molar-refractivity contribution in [3.63, 3.8) is 0 Å². The molecule has 3 heterocycles. The van der Waals surface area contributed by atoms with Gasteiger partial charge in [-0.25, -0.2) is 4.79 Å². The van der Waals surface area contributed by atoms with Crippen LogP contribution < -0.4 is 10.1 Å². The van der Waals surface area contributed by atoms with Crippen LogP contribution in [0.3, 0.4) is 0 Å². The molecule has 0 radical (unpaired) electrons. The van der Waals surface area contributed by atoms with E-state index in [0.717, 1.165) is 31.6 Å². The fraction of sp³-hybridized carbons (Fsp3) is 0.571. The second-order valence-corrected chi connectivity index (χ2v) is 11.4. The zero-order chi connectivity index (χ0) is 25.1. The Bertz CT molecular complexity index is 1050. The highest BCUT2D eigenvalue weighted by Crippen LogP contribution is 2.38. The molecular weight excluding hydrogens is 472 g/mol. The van der Waals surface area contributed by atoms with Crippen LogP contribution in [-0.2, 0) is 11.2 Å². The molecule has 2 aliphatic heterocycles. The predicted octanol–water partition coefficient (Wildman–Crippen LogP) is 4.28. The Kier molecular flexibility index (Phi) is 7.82. The molecule has 3 amide bonds. The van der Waals surface area contributed by atoms with Crippen molar-refractivity contribution in [2.24, 2.45) is 0 Å². The largest absolute Gasteiger partial charge is 0.497 e. The van der Waals surface area contributed by atoms with Gasteiger partial charge in [0.25, 0.3) is 0 Å². The molecule has 1 saturated carbocycles. The molecule has 1 aliphatic carbocycles. The average Bonchev–Trinajstić information content (AvgIpc) is 3.38. The van der Waals surface area contributed by atoms with Crippen molar-refractivity contribution in [3.05, 3.63) is 51.7 Å². The molecule has 5 rings (SSSR count). The van der Waals surface area contributed by atoms with E-state index in [1.807, 2.05) is 21.9 Å². The lowest BCUT2D eigenvalue weighted by Crippen LogP contribution is -2.59. The van der Waals surface area contributed by atoms with Gasteiger partial charge in [-0.1, -0.05) is 31.4 Å². The van der Waals surface area contributed by atoms with Gasteiger partial charge in [0.05, 0.1) is 19.7 Å². The summed E-state index contributed by atoms with van der Waals surface area (Å²) in [5.41, 5.74) is 2.49. The zero-order valence-electron chi connectivity index (χ0n) is 21.4. The summed E-state index contributed by atoms with van der Waals surface area (Å²) >= 11 is 1.81. The van der Waals surface area contributed by atoms with E-state index in [2.05, 4.69) is 40.7 Å². The standard InChI is InChI=1S/C28H38N4O3S/c1-20-18-30(15-16-32(20)28(34)29-22-6-4-3-5-7-22)26(33)19-31-14-12-25-24(13-17-36-25)27(31)21-8-10-23(35-2)11-9-21/h8-11,13,17,20,22,27H,3-7,12,14-16,18-19H2,1-2H3,(H,29,34). The van der Waals surface area contributed by atoms with Crippen LogP contribution in [0.1, 0.15) is 61.1 Å². The number of carbonyl (C=O) groups excluding carboxylic acids is 2. The maximum Gasteiger partial charge on any atom is 0.317 e. The Morgan fingerprint density at radius 2 is 1.83 bits per heavy atom. The third-order valence-electron chi connectivity index (χ3n) is 8.01. The van der Waals surface area contributed by atoms with E-state index in [4.69, 9.17) is 4.74 Å². The first-order valence-corrected chi connectivity index (χ1v) is 14.2. The van der Waals surface area contributed by atoms with Crippen molar-refractivity contribution in [2.75, 3.05) is 39.8 Å². The summed E-state index contributed by atoms with van der Waals surface area (Å²) in [5, 5.41) is 5.39. The van der Waals surface area contributed by atoms with Gasteiger partial charge in [-0.05, 0) is 60.9 Å². The molecular formula is C28H38N4O3S. The molecule has 3 aliphatic rings. The molecule has 8 heteroatoms. The lowest BCUT2D eigenvalue weighted by atomic mass is 9.93. The van der Waals surface area contributed by atoms with Crippen LogP contribution in [0.2, 0.25) is 0 Å². The summed E-state index contributed by atoms with van der Waals surface area (Å²) < 4.78 is 5.35. The van der Waals surface area contributed by atoms with Crippen LogP contribution in [0.15, 0.2) is 35.7 Å². The second kappa shape index (κ2) is 11.2. The minimum Gasteiger partial charge on any atom is -0.497 e. The minimum absolute atomic E-state index is 0.00788. The summed E-state index contributed by atoms with van der Waals surface area (Å²) in [6.07, 6.45) is 6.80. The van der Waals surface area contributed by atoms with Crippen LogP contribution >= 0.6 is 11.3 Å². The number of piperazine rings is 1. The highest BCUT2D eigenvalue weighted by molar-refractivity contribution is 7.10. The number of rotatable bonds is 5. The van der Waals surface area contributed by atoms with Crippen LogP contribution in [-0.4, -0.2) is 78.6 Å². The molecule has 194 valence electrons. The molecule has 1 aromatic carbocycles. The van der Waals surface area contributed by atoms with Gasteiger partial charge in [-0.2, -0.15) is 0 Å². The van der Waals surface area contributed by atoms with Crippen LogP contribution in [0.5, 0.6) is 5.75 Å². The van der Waals surface area contributed by atoms with Crippen molar-refractivity contribution in [1.29, 1.82) is 0 Å². The van der Waals surface area contributed by atoms with Crippen LogP contribution in [0.4, 0.5) is 4.79 Å². The summed E-state index contributed by atoms with van der Waals surface area (Å²) in [6, 6.07) is 10.8. The van der Waals surface area contributed by atoms with Gasteiger partial charge in [0.15, 0.2) is 0 Å². The quantitative estimate of drug-likeness (QED) is 0.652. The lowest BCUT2D eigenvalue weighted by Gasteiger charge is -2.42. The van der Waals surface area contributed by atoms with Gasteiger partial charge in [-0.15, -0.1) is 11.3 Å². The zero-order valence-corrected chi connectivity index (χ0v) is 22.3. The molecule has 2 atom stereocenters. The number of benzene rings is 1. The van der Waals surface area contributed by atoms with E-state index in [1.54, 1.807) is 18.4 Å². The SMILES string of the molecule is COc1ccc(C2c3ccsc3CCN2CC(=O)N2CCN(C(=O)NC3CCCCC3)C(C)C2)cc1. The van der Waals surface area contributed by atoms with Gasteiger partial charge in [0.2, 0.25) is 5.91 Å². The Balaban J connectivity index is 1.22. The Morgan fingerprint density at radius 3 is 2.56 bits per heavy atom. The number of nitrogens with zero attached hydrogens (tertiary/aromatic N) is 3. The second-order valence-electron chi connectivity index (χ2n) is 10.4. The fourth-order valence-electron chi connectivity index (χ4n) is 5.98. The van der Waals surface area contributed by atoms with Gasteiger partial charge < -0.3 is 19.9 Å². The number of fused-ring (bicyclic) bond motifs is 1. The van der Waals surface area contributed by atoms with Gasteiger partial charge in [-0.3, -0.25) is 9.69 Å². The summed E-state index contributed by atoms with van der Waals surface area (Å²) in [7, 11) is 1.68. The number of hydrogen-bond acceptors (Lipinski definition) is 5. The number of ether oxygens (including phenoxy) is 1. The highest BCUT2D eigenvalue weighted by Gasteiger charge is 2.35. The van der Waals surface area contributed by atoms with Crippen molar-refractivity contribution >= 4 is 23.3 Å². The first kappa shape index (κ1) is 25.1. The Morgan fingerprint density at radius 1 is 1.06 bits per heavy atom. The number of methoxy groups -OCH3 is 1. The number of urea groups is 1. The van der Waals surface area contributed by atoms with E-state index >= 15 is 0 Å². The van der Waals surface area contributed by atoms with Crippen molar-refractivity contribution < 1.29 is 14.3 Å². The average molecular weight is 511 g/mol. The van der Waals surface area contributed by atoms with E-state index < -0.39 is 0 Å². The molecule has 1 aromatic heterocycles. The topological polar surface area (TPSA) is 65.1 Å². The fourth-order valence-corrected chi connectivity index (χ4v) is 6.88. The predicted molar refractivity (Wildman–Crippen MR) is 143 cm³/mol. The number of amides is 3. The maximum absolute atomic E-state index is 13.5. The van der Waals surface area contributed by atoms with Gasteiger partial charge in [0, 0.05) is 43.1 Å². The van der Waals surface area contributed by atoms with Gasteiger partial charge in [0.1, 0.15) is 5.75 Å². The number of hydrogen-bond donors (Lipinski definition) is 1.